The third-order valence-electron chi connectivity index (χ3n) is 4.58. The second kappa shape index (κ2) is 4.42. The van der Waals surface area contributed by atoms with Crippen LogP contribution < -0.4 is 5.73 Å². The molecule has 0 amide bonds. The summed E-state index contributed by atoms with van der Waals surface area (Å²) in [5, 5.41) is 0. The minimum Gasteiger partial charge on any atom is -0.329 e. The molecule has 2 fully saturated rings. The van der Waals surface area contributed by atoms with E-state index in [1.807, 2.05) is 0 Å². The monoisotopic (exact) mass is 210 g/mol. The van der Waals surface area contributed by atoms with Gasteiger partial charge >= 0.3 is 0 Å². The molecule has 2 unspecified atom stereocenters. The van der Waals surface area contributed by atoms with Gasteiger partial charge in [0, 0.05) is 18.6 Å². The highest BCUT2D eigenvalue weighted by Gasteiger charge is 2.46. The highest BCUT2D eigenvalue weighted by Crippen LogP contribution is 2.44. The fourth-order valence-corrected chi connectivity index (χ4v) is 3.20. The van der Waals surface area contributed by atoms with E-state index in [1.165, 1.54) is 45.2 Å². The molecule has 2 atom stereocenters. The van der Waals surface area contributed by atoms with E-state index in [0.29, 0.717) is 5.54 Å². The van der Waals surface area contributed by atoms with Gasteiger partial charge in [0.25, 0.3) is 0 Å². The Labute approximate surface area is 94.2 Å². The average molecular weight is 210 g/mol. The minimum absolute atomic E-state index is 0.322. The number of nitrogens with two attached hydrogens (primary N) is 1. The van der Waals surface area contributed by atoms with E-state index in [2.05, 4.69) is 18.7 Å². The largest absolute Gasteiger partial charge is 0.329 e. The lowest BCUT2D eigenvalue weighted by atomic mass is 9.93. The predicted octanol–water partition coefficient (Wildman–Crippen LogP) is 2.24. The summed E-state index contributed by atoms with van der Waals surface area (Å²) in [5.74, 6) is 1.84. The maximum Gasteiger partial charge on any atom is 0.0331 e. The van der Waals surface area contributed by atoms with Crippen LogP contribution in [0, 0.1) is 11.8 Å². The molecule has 0 aromatic rings. The Morgan fingerprint density at radius 2 is 2.07 bits per heavy atom. The van der Waals surface area contributed by atoms with Crippen LogP contribution in [-0.2, 0) is 0 Å². The zero-order valence-corrected chi connectivity index (χ0v) is 10.3. The molecule has 1 saturated carbocycles. The van der Waals surface area contributed by atoms with Crippen molar-refractivity contribution in [3.63, 3.8) is 0 Å². The Morgan fingerprint density at radius 3 is 2.60 bits per heavy atom. The van der Waals surface area contributed by atoms with Crippen LogP contribution in [0.3, 0.4) is 0 Å². The summed E-state index contributed by atoms with van der Waals surface area (Å²) in [7, 11) is 0. The second-order valence-electron chi connectivity index (χ2n) is 5.72. The SMILES string of the molecule is CCCC1CCN(C(C)(CN)C2CC2)C1. The molecule has 1 saturated heterocycles. The van der Waals surface area contributed by atoms with Gasteiger partial charge in [0.05, 0.1) is 0 Å². The van der Waals surface area contributed by atoms with Gasteiger partial charge in [-0.2, -0.15) is 0 Å². The van der Waals surface area contributed by atoms with Crippen LogP contribution in [0.25, 0.3) is 0 Å². The van der Waals surface area contributed by atoms with Gasteiger partial charge in [-0.15, -0.1) is 0 Å². The molecule has 88 valence electrons. The van der Waals surface area contributed by atoms with Crippen LogP contribution in [0.15, 0.2) is 0 Å². The maximum atomic E-state index is 6.01. The fraction of sp³-hybridized carbons (Fsp3) is 1.00. The van der Waals surface area contributed by atoms with Crippen LogP contribution in [0.1, 0.15) is 46.0 Å². The first-order valence-electron chi connectivity index (χ1n) is 6.65. The Morgan fingerprint density at radius 1 is 1.33 bits per heavy atom. The normalized spacial score (nSPS) is 31.8. The Hall–Kier alpha value is -0.0800. The Kier molecular flexibility index (Phi) is 3.36. The molecule has 1 aliphatic heterocycles. The molecule has 2 aliphatic rings. The van der Waals surface area contributed by atoms with Crippen molar-refractivity contribution in [1.29, 1.82) is 0 Å². The first kappa shape index (κ1) is 11.4. The highest BCUT2D eigenvalue weighted by molar-refractivity contribution is 5.02. The smallest absolute Gasteiger partial charge is 0.0331 e. The van der Waals surface area contributed by atoms with E-state index >= 15 is 0 Å². The third-order valence-corrected chi connectivity index (χ3v) is 4.58. The minimum atomic E-state index is 0.322. The first-order chi connectivity index (χ1) is 7.20. The summed E-state index contributed by atoms with van der Waals surface area (Å²) in [5.41, 5.74) is 6.33. The van der Waals surface area contributed by atoms with E-state index in [1.54, 1.807) is 0 Å². The summed E-state index contributed by atoms with van der Waals surface area (Å²) in [6.07, 6.45) is 6.95. The second-order valence-corrected chi connectivity index (χ2v) is 5.72. The predicted molar refractivity (Wildman–Crippen MR) is 64.8 cm³/mol. The lowest BCUT2D eigenvalue weighted by Gasteiger charge is -2.38. The molecule has 1 aliphatic carbocycles. The summed E-state index contributed by atoms with van der Waals surface area (Å²) in [6, 6.07) is 0. The van der Waals surface area contributed by atoms with Crippen molar-refractivity contribution in [2.45, 2.75) is 51.5 Å². The van der Waals surface area contributed by atoms with Crippen LogP contribution in [-0.4, -0.2) is 30.1 Å². The van der Waals surface area contributed by atoms with Gasteiger partial charge in [0.1, 0.15) is 0 Å². The highest BCUT2D eigenvalue weighted by atomic mass is 15.2. The molecule has 0 radical (unpaired) electrons. The molecule has 2 nitrogen and oxygen atoms in total. The number of nitrogens with zero attached hydrogens (tertiary/aromatic N) is 1. The van der Waals surface area contributed by atoms with Gasteiger partial charge in [-0.05, 0) is 51.0 Å². The molecular formula is C13H26N2. The van der Waals surface area contributed by atoms with Crippen LogP contribution in [0.2, 0.25) is 0 Å². The molecule has 2 rings (SSSR count). The van der Waals surface area contributed by atoms with Crippen molar-refractivity contribution in [2.75, 3.05) is 19.6 Å². The molecule has 0 aromatic heterocycles. The standard InChI is InChI=1S/C13H26N2/c1-3-4-11-7-8-15(9-11)13(2,10-14)12-5-6-12/h11-12H,3-10,14H2,1-2H3. The van der Waals surface area contributed by atoms with Crippen LogP contribution in [0.5, 0.6) is 0 Å². The van der Waals surface area contributed by atoms with E-state index in [4.69, 9.17) is 5.73 Å². The van der Waals surface area contributed by atoms with Gasteiger partial charge < -0.3 is 5.73 Å². The summed E-state index contributed by atoms with van der Waals surface area (Å²) in [4.78, 5) is 2.69. The Bertz CT molecular complexity index is 213. The lowest BCUT2D eigenvalue weighted by molar-refractivity contribution is 0.113. The molecular weight excluding hydrogens is 184 g/mol. The van der Waals surface area contributed by atoms with Crippen molar-refractivity contribution >= 4 is 0 Å². The van der Waals surface area contributed by atoms with Crippen molar-refractivity contribution in [1.82, 2.24) is 4.90 Å². The number of hydrogen-bond donors (Lipinski definition) is 1. The summed E-state index contributed by atoms with van der Waals surface area (Å²) in [6.45, 7) is 8.12. The number of rotatable bonds is 5. The molecule has 1 heterocycles. The molecule has 15 heavy (non-hydrogen) atoms. The molecule has 2 heteroatoms. The maximum absolute atomic E-state index is 6.01. The van der Waals surface area contributed by atoms with Crippen molar-refractivity contribution < 1.29 is 0 Å². The quantitative estimate of drug-likeness (QED) is 0.754. The molecule has 2 N–H and O–H groups in total. The van der Waals surface area contributed by atoms with Gasteiger partial charge in [-0.25, -0.2) is 0 Å². The van der Waals surface area contributed by atoms with Crippen molar-refractivity contribution in [3.05, 3.63) is 0 Å². The van der Waals surface area contributed by atoms with Crippen LogP contribution >= 0.6 is 0 Å². The first-order valence-corrected chi connectivity index (χ1v) is 6.65. The fourth-order valence-electron chi connectivity index (χ4n) is 3.20. The van der Waals surface area contributed by atoms with Crippen molar-refractivity contribution in [3.8, 4) is 0 Å². The van der Waals surface area contributed by atoms with E-state index < -0.39 is 0 Å². The number of hydrogen-bond acceptors (Lipinski definition) is 2. The van der Waals surface area contributed by atoms with Crippen molar-refractivity contribution in [2.24, 2.45) is 17.6 Å². The average Bonchev–Trinajstić information content (AvgIpc) is 2.99. The summed E-state index contributed by atoms with van der Waals surface area (Å²) < 4.78 is 0. The zero-order chi connectivity index (χ0) is 10.9. The van der Waals surface area contributed by atoms with E-state index in [9.17, 15) is 0 Å². The summed E-state index contributed by atoms with van der Waals surface area (Å²) >= 11 is 0. The van der Waals surface area contributed by atoms with Gasteiger partial charge in [-0.3, -0.25) is 4.90 Å². The lowest BCUT2D eigenvalue weighted by Crippen LogP contribution is -2.52. The number of likely N-dealkylation sites (tertiary alicyclic amines) is 1. The molecule has 0 bridgehead atoms. The molecule has 0 spiro atoms. The van der Waals surface area contributed by atoms with Gasteiger partial charge in [0.2, 0.25) is 0 Å². The molecule has 0 aromatic carbocycles. The van der Waals surface area contributed by atoms with Gasteiger partial charge in [-0.1, -0.05) is 13.3 Å². The zero-order valence-electron chi connectivity index (χ0n) is 10.3. The van der Waals surface area contributed by atoms with Crippen LogP contribution in [0.4, 0.5) is 0 Å². The third kappa shape index (κ3) is 2.21. The van der Waals surface area contributed by atoms with E-state index in [-0.39, 0.29) is 0 Å². The van der Waals surface area contributed by atoms with Gasteiger partial charge in [0.15, 0.2) is 0 Å². The topological polar surface area (TPSA) is 29.3 Å². The Balaban J connectivity index is 1.93. The van der Waals surface area contributed by atoms with E-state index in [0.717, 1.165) is 18.4 Å².